The van der Waals surface area contributed by atoms with Gasteiger partial charge in [0, 0.05) is 42.8 Å². The van der Waals surface area contributed by atoms with Crippen LogP contribution in [0.25, 0.3) is 22.5 Å². The lowest BCUT2D eigenvalue weighted by molar-refractivity contribution is 0.0942. The van der Waals surface area contributed by atoms with Crippen molar-refractivity contribution < 1.29 is 13.7 Å². The van der Waals surface area contributed by atoms with Crippen LogP contribution in [0.15, 0.2) is 56.2 Å². The predicted octanol–water partition coefficient (Wildman–Crippen LogP) is 3.08. The summed E-state index contributed by atoms with van der Waals surface area (Å²) in [6.07, 6.45) is 0. The number of rotatable bonds is 6. The summed E-state index contributed by atoms with van der Waals surface area (Å²) in [6, 6.07) is 12.8. The second-order valence-electron chi connectivity index (χ2n) is 7.68. The fraction of sp³-hybridized carbons (Fsp3) is 0.318. The summed E-state index contributed by atoms with van der Waals surface area (Å²) in [4.78, 5) is 21.3. The Bertz CT molecular complexity index is 1270. The normalized spacial score (nSPS) is 15.4. The highest BCUT2D eigenvalue weighted by molar-refractivity contribution is 6.31. The molecule has 2 aromatic carbocycles. The zero-order chi connectivity index (χ0) is 22.1. The molecule has 1 fully saturated rings. The smallest absolute Gasteiger partial charge is 0.421 e. The van der Waals surface area contributed by atoms with Crippen LogP contribution in [0.3, 0.4) is 0 Å². The van der Waals surface area contributed by atoms with Gasteiger partial charge in [-0.1, -0.05) is 16.8 Å². The number of hydrogen-bond acceptors (Lipinski definition) is 8. The van der Waals surface area contributed by atoms with Crippen LogP contribution in [-0.4, -0.2) is 57.8 Å². The maximum absolute atomic E-state index is 12.3. The van der Waals surface area contributed by atoms with E-state index in [2.05, 4.69) is 19.9 Å². The molecule has 1 aliphatic rings. The Balaban J connectivity index is 1.18. The molecule has 0 amide bonds. The number of oxazole rings is 1. The van der Waals surface area contributed by atoms with E-state index in [0.29, 0.717) is 35.5 Å². The maximum Gasteiger partial charge on any atom is 0.421 e. The maximum atomic E-state index is 12.3. The minimum atomic E-state index is -0.374. The van der Waals surface area contributed by atoms with E-state index in [4.69, 9.17) is 25.3 Å². The van der Waals surface area contributed by atoms with Gasteiger partial charge >= 0.3 is 5.76 Å². The molecule has 0 radical (unpaired) electrons. The third-order valence-electron chi connectivity index (χ3n) is 5.61. The highest BCUT2D eigenvalue weighted by atomic mass is 35.5. The van der Waals surface area contributed by atoms with Crippen molar-refractivity contribution in [3.8, 4) is 17.1 Å². The lowest BCUT2D eigenvalue weighted by atomic mass is 10.2. The van der Waals surface area contributed by atoms with Crippen molar-refractivity contribution in [3.05, 3.63) is 63.9 Å². The minimum Gasteiger partial charge on any atom is -0.497 e. The minimum absolute atomic E-state index is 0.374. The van der Waals surface area contributed by atoms with Crippen LogP contribution in [0.1, 0.15) is 5.89 Å². The summed E-state index contributed by atoms with van der Waals surface area (Å²) in [5, 5.41) is 4.64. The Morgan fingerprint density at radius 1 is 1.06 bits per heavy atom. The summed E-state index contributed by atoms with van der Waals surface area (Å²) in [6.45, 7) is 4.35. The third kappa shape index (κ3) is 4.27. The van der Waals surface area contributed by atoms with Crippen LogP contribution >= 0.6 is 11.6 Å². The van der Waals surface area contributed by atoms with Crippen LogP contribution in [-0.2, 0) is 13.2 Å². The van der Waals surface area contributed by atoms with E-state index in [1.54, 1.807) is 23.8 Å². The van der Waals surface area contributed by atoms with E-state index in [0.717, 1.165) is 43.0 Å². The van der Waals surface area contributed by atoms with E-state index >= 15 is 0 Å². The lowest BCUT2D eigenvalue weighted by Gasteiger charge is -2.33. The van der Waals surface area contributed by atoms with Crippen LogP contribution < -0.4 is 10.5 Å². The van der Waals surface area contributed by atoms with Crippen molar-refractivity contribution in [2.45, 2.75) is 13.2 Å². The number of hydrogen-bond donors (Lipinski definition) is 0. The molecular weight excluding hydrogens is 434 g/mol. The van der Waals surface area contributed by atoms with E-state index in [-0.39, 0.29) is 5.76 Å². The molecule has 0 spiro atoms. The van der Waals surface area contributed by atoms with Crippen LogP contribution in [0, 0.1) is 0 Å². The van der Waals surface area contributed by atoms with Gasteiger partial charge in [0.25, 0.3) is 0 Å². The first-order chi connectivity index (χ1) is 15.6. The van der Waals surface area contributed by atoms with Gasteiger partial charge in [0.15, 0.2) is 5.58 Å². The van der Waals surface area contributed by atoms with Crippen molar-refractivity contribution in [3.63, 3.8) is 0 Å². The number of ether oxygens (including phenoxy) is 1. The summed E-state index contributed by atoms with van der Waals surface area (Å²) in [5.74, 6) is 1.55. The lowest BCUT2D eigenvalue weighted by Crippen LogP contribution is -2.47. The zero-order valence-corrected chi connectivity index (χ0v) is 18.3. The molecule has 0 bridgehead atoms. The van der Waals surface area contributed by atoms with E-state index in [9.17, 15) is 4.79 Å². The average Bonchev–Trinajstić information content (AvgIpc) is 3.39. The Morgan fingerprint density at radius 2 is 1.81 bits per heavy atom. The van der Waals surface area contributed by atoms with E-state index < -0.39 is 0 Å². The SMILES string of the molecule is COc1ccc(-c2noc(CN3CCN(Cn4c(=O)oc5cc(Cl)ccc54)CC3)n2)cc1. The molecule has 1 aliphatic heterocycles. The number of aromatic nitrogens is 3. The fourth-order valence-corrected chi connectivity index (χ4v) is 3.99. The third-order valence-corrected chi connectivity index (χ3v) is 5.85. The molecule has 4 aromatic rings. The molecule has 3 heterocycles. The second kappa shape index (κ2) is 8.78. The fourth-order valence-electron chi connectivity index (χ4n) is 3.83. The van der Waals surface area contributed by atoms with Crippen molar-refractivity contribution in [2.75, 3.05) is 33.3 Å². The topological polar surface area (TPSA) is 89.8 Å². The molecule has 1 saturated heterocycles. The number of piperazine rings is 1. The van der Waals surface area contributed by atoms with Gasteiger partial charge in [0.2, 0.25) is 11.7 Å². The molecule has 0 aliphatic carbocycles. The van der Waals surface area contributed by atoms with Crippen molar-refractivity contribution >= 4 is 22.7 Å². The Kier molecular flexibility index (Phi) is 5.69. The van der Waals surface area contributed by atoms with Gasteiger partial charge in [-0.3, -0.25) is 14.4 Å². The average molecular weight is 456 g/mol. The first-order valence-electron chi connectivity index (χ1n) is 10.3. The molecule has 9 nitrogen and oxygen atoms in total. The highest BCUT2D eigenvalue weighted by Crippen LogP contribution is 2.21. The summed E-state index contributed by atoms with van der Waals surface area (Å²) < 4.78 is 17.6. The molecule has 0 saturated carbocycles. The molecule has 166 valence electrons. The van der Waals surface area contributed by atoms with Gasteiger partial charge in [-0.25, -0.2) is 4.79 Å². The molecule has 0 N–H and O–H groups in total. The monoisotopic (exact) mass is 455 g/mol. The van der Waals surface area contributed by atoms with Gasteiger partial charge in [-0.15, -0.1) is 0 Å². The van der Waals surface area contributed by atoms with Crippen LogP contribution in [0.2, 0.25) is 5.02 Å². The van der Waals surface area contributed by atoms with E-state index in [1.165, 1.54) is 0 Å². The largest absolute Gasteiger partial charge is 0.497 e. The van der Waals surface area contributed by atoms with Crippen molar-refractivity contribution in [2.24, 2.45) is 0 Å². The number of nitrogens with zero attached hydrogens (tertiary/aromatic N) is 5. The highest BCUT2D eigenvalue weighted by Gasteiger charge is 2.21. The quantitative estimate of drug-likeness (QED) is 0.438. The van der Waals surface area contributed by atoms with Gasteiger partial charge in [0.1, 0.15) is 5.75 Å². The van der Waals surface area contributed by atoms with Gasteiger partial charge < -0.3 is 13.7 Å². The number of fused-ring (bicyclic) bond motifs is 1. The number of halogens is 1. The molecule has 0 unspecified atom stereocenters. The molecule has 10 heteroatoms. The summed E-state index contributed by atoms with van der Waals surface area (Å²) in [5.41, 5.74) is 2.13. The van der Waals surface area contributed by atoms with Crippen molar-refractivity contribution in [1.82, 2.24) is 24.5 Å². The summed E-state index contributed by atoms with van der Waals surface area (Å²) in [7, 11) is 1.63. The Hall–Kier alpha value is -3.14. The van der Waals surface area contributed by atoms with Gasteiger partial charge in [-0.2, -0.15) is 4.98 Å². The Morgan fingerprint density at radius 3 is 2.56 bits per heavy atom. The van der Waals surface area contributed by atoms with Gasteiger partial charge in [-0.05, 0) is 36.4 Å². The van der Waals surface area contributed by atoms with Gasteiger partial charge in [0.05, 0.1) is 25.8 Å². The first kappa shape index (κ1) is 20.7. The standard InChI is InChI=1S/C22H22ClN5O4/c1-30-17-5-2-15(3-6-17)21-24-20(32-25-21)13-26-8-10-27(11-9-26)14-28-18-7-4-16(23)12-19(18)31-22(28)29/h2-7,12H,8-11,13-14H2,1H3. The first-order valence-corrected chi connectivity index (χ1v) is 10.7. The number of methoxy groups -OCH3 is 1. The van der Waals surface area contributed by atoms with Crippen molar-refractivity contribution in [1.29, 1.82) is 0 Å². The molecular formula is C22H22ClN5O4. The second-order valence-corrected chi connectivity index (χ2v) is 8.12. The predicted molar refractivity (Wildman–Crippen MR) is 119 cm³/mol. The number of benzene rings is 2. The molecule has 5 rings (SSSR count). The summed E-state index contributed by atoms with van der Waals surface area (Å²) >= 11 is 5.99. The molecule has 32 heavy (non-hydrogen) atoms. The zero-order valence-electron chi connectivity index (χ0n) is 17.5. The molecule has 0 atom stereocenters. The van der Waals surface area contributed by atoms with Crippen LogP contribution in [0.5, 0.6) is 5.75 Å². The van der Waals surface area contributed by atoms with E-state index in [1.807, 2.05) is 30.3 Å². The molecule has 2 aromatic heterocycles. The van der Waals surface area contributed by atoms with Crippen LogP contribution in [0.4, 0.5) is 0 Å². The Labute approximate surface area is 188 Å².